The highest BCUT2D eigenvalue weighted by atomic mass is 16.6. The molecule has 24 heavy (non-hydrogen) atoms. The van der Waals surface area contributed by atoms with Crippen LogP contribution in [0.2, 0.25) is 0 Å². The van der Waals surface area contributed by atoms with Crippen molar-refractivity contribution in [3.8, 4) is 11.8 Å². The molecule has 1 fully saturated rings. The molecule has 1 aliphatic rings. The highest BCUT2D eigenvalue weighted by Crippen LogP contribution is 2.23. The second-order valence-corrected chi connectivity index (χ2v) is 6.76. The second-order valence-electron chi connectivity index (χ2n) is 6.76. The van der Waals surface area contributed by atoms with E-state index >= 15 is 0 Å². The summed E-state index contributed by atoms with van der Waals surface area (Å²) >= 11 is 0. The normalized spacial score (nSPS) is 16.5. The first-order valence-electron chi connectivity index (χ1n) is 8.01. The van der Waals surface area contributed by atoms with E-state index in [9.17, 15) is 5.26 Å². The third-order valence-corrected chi connectivity index (χ3v) is 3.88. The maximum atomic E-state index is 9.41. The van der Waals surface area contributed by atoms with E-state index in [1.165, 1.54) is 0 Å². The van der Waals surface area contributed by atoms with Crippen molar-refractivity contribution in [1.82, 2.24) is 0 Å². The van der Waals surface area contributed by atoms with E-state index in [1.807, 2.05) is 42.5 Å². The molecular weight excluding hydrogens is 301 g/mol. The van der Waals surface area contributed by atoms with Gasteiger partial charge in [0.05, 0.1) is 5.56 Å². The molecule has 1 aliphatic heterocycles. The minimum absolute atomic E-state index is 0.0211. The molecule has 1 heterocycles. The molecule has 0 bridgehead atoms. The van der Waals surface area contributed by atoms with Crippen LogP contribution in [-0.4, -0.2) is 20.3 Å². The lowest BCUT2D eigenvalue weighted by atomic mass is 9.75. The summed E-state index contributed by atoms with van der Waals surface area (Å²) in [4.78, 5) is 0. The lowest BCUT2D eigenvalue weighted by Gasteiger charge is -2.33. The first-order chi connectivity index (χ1) is 11.6. The Morgan fingerprint density at radius 3 is 2.50 bits per heavy atom. The fourth-order valence-corrected chi connectivity index (χ4v) is 2.53. The molecule has 0 amide bonds. The Morgan fingerprint density at radius 1 is 1.12 bits per heavy atom. The Bertz CT molecular complexity index is 730. The van der Waals surface area contributed by atoms with Gasteiger partial charge in [-0.25, -0.2) is 0 Å². The summed E-state index contributed by atoms with van der Waals surface area (Å²) in [5.41, 5.74) is 2.41. The largest absolute Gasteiger partial charge is 0.493 e. The molecule has 2 aromatic carbocycles. The number of nitrogens with zero attached hydrogens (tertiary/aromatic N) is 1. The van der Waals surface area contributed by atoms with Gasteiger partial charge < -0.3 is 14.0 Å². The maximum absolute atomic E-state index is 9.41. The lowest BCUT2D eigenvalue weighted by Crippen LogP contribution is -2.47. The zero-order valence-corrected chi connectivity index (χ0v) is 14.0. The summed E-state index contributed by atoms with van der Waals surface area (Å²) in [5, 5.41) is 9.41. The molecule has 1 saturated heterocycles. The maximum Gasteiger partial charge on any atom is 0.493 e. The Labute approximate surface area is 143 Å². The minimum Gasteiger partial charge on any atom is -0.488 e. The molecule has 4 nitrogen and oxygen atoms in total. The van der Waals surface area contributed by atoms with Gasteiger partial charge in [-0.3, -0.25) is 0 Å². The SMILES string of the molecule is CC1(C)COB(c2ccc(OCc3ccccc3)c(C#N)c2)OC1. The van der Waals surface area contributed by atoms with Crippen LogP contribution in [0.15, 0.2) is 48.5 Å². The third kappa shape index (κ3) is 3.97. The molecule has 0 atom stereocenters. The van der Waals surface area contributed by atoms with Gasteiger partial charge in [0.15, 0.2) is 0 Å². The van der Waals surface area contributed by atoms with Gasteiger partial charge in [-0.2, -0.15) is 5.26 Å². The van der Waals surface area contributed by atoms with Crippen LogP contribution >= 0.6 is 0 Å². The van der Waals surface area contributed by atoms with Crippen LogP contribution in [0.3, 0.4) is 0 Å². The number of nitriles is 1. The van der Waals surface area contributed by atoms with Crippen LogP contribution in [0.1, 0.15) is 25.0 Å². The predicted molar refractivity (Wildman–Crippen MR) is 93.0 cm³/mol. The summed E-state index contributed by atoms with van der Waals surface area (Å²) in [6.45, 7) is 5.89. The van der Waals surface area contributed by atoms with Crippen molar-refractivity contribution >= 4 is 12.6 Å². The molecule has 0 N–H and O–H groups in total. The molecule has 0 unspecified atom stereocenters. The van der Waals surface area contributed by atoms with Gasteiger partial charge in [0.1, 0.15) is 18.4 Å². The fraction of sp³-hybridized carbons (Fsp3) is 0.316. The topological polar surface area (TPSA) is 51.5 Å². The summed E-state index contributed by atoms with van der Waals surface area (Å²) in [7, 11) is -0.423. The van der Waals surface area contributed by atoms with Crippen LogP contribution in [0.4, 0.5) is 0 Å². The fourth-order valence-electron chi connectivity index (χ4n) is 2.53. The van der Waals surface area contributed by atoms with E-state index in [2.05, 4.69) is 19.9 Å². The van der Waals surface area contributed by atoms with E-state index in [0.29, 0.717) is 31.1 Å². The molecule has 0 aromatic heterocycles. The van der Waals surface area contributed by atoms with Crippen LogP contribution in [0, 0.1) is 16.7 Å². The van der Waals surface area contributed by atoms with E-state index in [0.717, 1.165) is 11.0 Å². The zero-order valence-electron chi connectivity index (χ0n) is 14.0. The van der Waals surface area contributed by atoms with Gasteiger partial charge in [-0.15, -0.1) is 0 Å². The molecule has 0 radical (unpaired) electrons. The quantitative estimate of drug-likeness (QED) is 0.813. The summed E-state index contributed by atoms with van der Waals surface area (Å²) in [5.74, 6) is 0.571. The second kappa shape index (κ2) is 7.08. The average Bonchev–Trinajstić information content (AvgIpc) is 2.61. The van der Waals surface area contributed by atoms with Gasteiger partial charge in [0, 0.05) is 18.6 Å². The van der Waals surface area contributed by atoms with Gasteiger partial charge in [0.2, 0.25) is 0 Å². The molecule has 0 saturated carbocycles. The van der Waals surface area contributed by atoms with Crippen LogP contribution in [0.5, 0.6) is 5.75 Å². The third-order valence-electron chi connectivity index (χ3n) is 3.88. The molecular formula is C19H20BNO3. The number of benzene rings is 2. The first-order valence-corrected chi connectivity index (χ1v) is 8.01. The highest BCUT2D eigenvalue weighted by molar-refractivity contribution is 6.61. The van der Waals surface area contributed by atoms with Crippen molar-refractivity contribution in [2.24, 2.45) is 5.41 Å². The predicted octanol–water partition coefficient (Wildman–Crippen LogP) is 2.91. The van der Waals surface area contributed by atoms with Crippen molar-refractivity contribution < 1.29 is 14.0 Å². The van der Waals surface area contributed by atoms with Crippen LogP contribution < -0.4 is 10.2 Å². The standard InChI is InChI=1S/C19H20BNO3/c1-19(2)13-23-20(24-14-19)17-8-9-18(16(10-17)11-21)22-12-15-6-4-3-5-7-15/h3-10H,12-14H2,1-2H3. The van der Waals surface area contributed by atoms with Crippen LogP contribution in [0.25, 0.3) is 0 Å². The smallest absolute Gasteiger partial charge is 0.488 e. The zero-order chi connectivity index (χ0) is 17.0. The van der Waals surface area contributed by atoms with E-state index in [4.69, 9.17) is 14.0 Å². The van der Waals surface area contributed by atoms with E-state index in [-0.39, 0.29) is 5.41 Å². The average molecular weight is 321 g/mol. The highest BCUT2D eigenvalue weighted by Gasteiger charge is 2.33. The van der Waals surface area contributed by atoms with Crippen molar-refractivity contribution in [3.63, 3.8) is 0 Å². The number of ether oxygens (including phenoxy) is 1. The number of rotatable bonds is 4. The first kappa shape index (κ1) is 16.6. The van der Waals surface area contributed by atoms with Crippen molar-refractivity contribution in [2.45, 2.75) is 20.5 Å². The van der Waals surface area contributed by atoms with Crippen molar-refractivity contribution in [3.05, 3.63) is 59.7 Å². The molecule has 2 aromatic rings. The Kier molecular flexibility index (Phi) is 4.89. The monoisotopic (exact) mass is 321 g/mol. The van der Waals surface area contributed by atoms with E-state index < -0.39 is 7.12 Å². The molecule has 0 spiro atoms. The van der Waals surface area contributed by atoms with Gasteiger partial charge in [-0.05, 0) is 23.2 Å². The summed E-state index contributed by atoms with van der Waals surface area (Å²) < 4.78 is 17.3. The molecule has 3 rings (SSSR count). The lowest BCUT2D eigenvalue weighted by molar-refractivity contribution is 0.0343. The Balaban J connectivity index is 1.70. The van der Waals surface area contributed by atoms with Crippen LogP contribution in [-0.2, 0) is 15.9 Å². The van der Waals surface area contributed by atoms with Gasteiger partial charge in [-0.1, -0.05) is 50.2 Å². The van der Waals surface area contributed by atoms with E-state index in [1.54, 1.807) is 6.07 Å². The number of hydrogen-bond acceptors (Lipinski definition) is 4. The Hall–Kier alpha value is -2.29. The summed E-state index contributed by atoms with van der Waals surface area (Å²) in [6.07, 6.45) is 0. The molecule has 122 valence electrons. The minimum atomic E-state index is -0.423. The Morgan fingerprint density at radius 2 is 1.83 bits per heavy atom. The van der Waals surface area contributed by atoms with Crippen molar-refractivity contribution in [2.75, 3.05) is 13.2 Å². The molecule has 5 heteroatoms. The van der Waals surface area contributed by atoms with Gasteiger partial charge in [0.25, 0.3) is 0 Å². The van der Waals surface area contributed by atoms with Crippen molar-refractivity contribution in [1.29, 1.82) is 5.26 Å². The summed E-state index contributed by atoms with van der Waals surface area (Å²) in [6, 6.07) is 17.6. The number of hydrogen-bond donors (Lipinski definition) is 0. The molecule has 0 aliphatic carbocycles. The van der Waals surface area contributed by atoms with Gasteiger partial charge >= 0.3 is 7.12 Å².